The molecule has 110 valence electrons. The molecule has 3 nitrogen and oxygen atoms in total. The average Bonchev–Trinajstić information content (AvgIpc) is 2.26. The fourth-order valence-electron chi connectivity index (χ4n) is 1.62. The van der Waals surface area contributed by atoms with Gasteiger partial charge in [0.1, 0.15) is 4.99 Å². The summed E-state index contributed by atoms with van der Waals surface area (Å²) < 4.78 is 0. The Hall–Kier alpha value is -1.13. The first-order chi connectivity index (χ1) is 9.11. The van der Waals surface area contributed by atoms with E-state index in [0.29, 0.717) is 22.7 Å². The van der Waals surface area contributed by atoms with E-state index >= 15 is 0 Å². The van der Waals surface area contributed by atoms with Crippen molar-refractivity contribution >= 4 is 40.4 Å². The molecule has 0 aliphatic heterocycles. The van der Waals surface area contributed by atoms with Gasteiger partial charge >= 0.3 is 0 Å². The average molecular weight is 313 g/mol. The van der Waals surface area contributed by atoms with Crippen LogP contribution in [0.15, 0.2) is 18.2 Å². The molecule has 0 aliphatic carbocycles. The molecule has 0 bridgehead atoms. The Morgan fingerprint density at radius 2 is 2.05 bits per heavy atom. The fourth-order valence-corrected chi connectivity index (χ4v) is 1.97. The first-order valence-corrected chi connectivity index (χ1v) is 7.29. The number of anilines is 1. The Labute approximate surface area is 130 Å². The summed E-state index contributed by atoms with van der Waals surface area (Å²) in [6.45, 7) is 8.41. The summed E-state index contributed by atoms with van der Waals surface area (Å²) in [5.41, 5.74) is 6.92. The summed E-state index contributed by atoms with van der Waals surface area (Å²) in [5, 5.41) is 3.38. The first kappa shape index (κ1) is 16.9. The number of nitrogens with two attached hydrogens (primary N) is 1. The predicted octanol–water partition coefficient (Wildman–Crippen LogP) is 3.99. The second-order valence-corrected chi connectivity index (χ2v) is 6.95. The summed E-state index contributed by atoms with van der Waals surface area (Å²) in [6.07, 6.45) is 0.437. The number of carbonyl (C=O) groups is 1. The number of nitrogens with one attached hydrogen (secondary N) is 1. The lowest BCUT2D eigenvalue weighted by molar-refractivity contribution is -0.117. The van der Waals surface area contributed by atoms with Crippen molar-refractivity contribution in [2.75, 3.05) is 5.32 Å². The third-order valence-electron chi connectivity index (χ3n) is 3.49. The second-order valence-electron chi connectivity index (χ2n) is 6.07. The van der Waals surface area contributed by atoms with Crippen LogP contribution in [0.5, 0.6) is 0 Å². The topological polar surface area (TPSA) is 55.1 Å². The van der Waals surface area contributed by atoms with Gasteiger partial charge in [-0.1, -0.05) is 51.5 Å². The highest BCUT2D eigenvalue weighted by Crippen LogP contribution is 2.29. The molecule has 1 rings (SSSR count). The van der Waals surface area contributed by atoms with E-state index in [2.05, 4.69) is 33.0 Å². The molecular formula is C15H21ClN2OS. The van der Waals surface area contributed by atoms with Gasteiger partial charge < -0.3 is 11.1 Å². The number of hydrogen-bond donors (Lipinski definition) is 2. The van der Waals surface area contributed by atoms with E-state index in [9.17, 15) is 4.79 Å². The third kappa shape index (κ3) is 4.76. The summed E-state index contributed by atoms with van der Waals surface area (Å²) in [6, 6.07) is 5.08. The van der Waals surface area contributed by atoms with E-state index in [0.717, 1.165) is 0 Å². The molecule has 0 aliphatic rings. The molecule has 0 saturated carbocycles. The van der Waals surface area contributed by atoms with Crippen LogP contribution in [0, 0.1) is 11.3 Å². The molecule has 0 saturated heterocycles. The highest BCUT2D eigenvalue weighted by Gasteiger charge is 2.23. The molecule has 0 heterocycles. The van der Waals surface area contributed by atoms with Crippen molar-refractivity contribution in [3.05, 3.63) is 28.8 Å². The summed E-state index contributed by atoms with van der Waals surface area (Å²) in [4.78, 5) is 12.4. The van der Waals surface area contributed by atoms with Crippen LogP contribution in [0.2, 0.25) is 5.02 Å². The van der Waals surface area contributed by atoms with Gasteiger partial charge in [0, 0.05) is 17.0 Å². The minimum Gasteiger partial charge on any atom is -0.389 e. The number of benzene rings is 1. The van der Waals surface area contributed by atoms with Gasteiger partial charge in [0.25, 0.3) is 0 Å². The summed E-state index contributed by atoms with van der Waals surface area (Å²) in [5.74, 6) is 0.196. The number of thiocarbonyl (C=S) groups is 1. The highest BCUT2D eigenvalue weighted by molar-refractivity contribution is 7.80. The predicted molar refractivity (Wildman–Crippen MR) is 89.2 cm³/mol. The van der Waals surface area contributed by atoms with E-state index < -0.39 is 0 Å². The van der Waals surface area contributed by atoms with Gasteiger partial charge in [-0.25, -0.2) is 0 Å². The molecule has 5 heteroatoms. The smallest absolute Gasteiger partial charge is 0.224 e. The Kier molecular flexibility index (Phi) is 5.54. The Balaban J connectivity index is 2.86. The molecule has 1 aromatic rings. The molecule has 1 atom stereocenters. The van der Waals surface area contributed by atoms with Crippen molar-refractivity contribution in [3.63, 3.8) is 0 Å². The molecule has 0 radical (unpaired) electrons. The SMILES string of the molecule is CC(CC(=O)Nc1cc(Cl)ccc1C(N)=S)C(C)(C)C. The van der Waals surface area contributed by atoms with E-state index in [-0.39, 0.29) is 22.2 Å². The maximum Gasteiger partial charge on any atom is 0.224 e. The molecule has 1 aromatic carbocycles. The third-order valence-corrected chi connectivity index (χ3v) is 3.95. The Bertz CT molecular complexity index is 523. The van der Waals surface area contributed by atoms with E-state index in [1.54, 1.807) is 18.2 Å². The van der Waals surface area contributed by atoms with Crippen LogP contribution >= 0.6 is 23.8 Å². The van der Waals surface area contributed by atoms with E-state index in [1.165, 1.54) is 0 Å². The fraction of sp³-hybridized carbons (Fsp3) is 0.467. The Morgan fingerprint density at radius 3 is 2.55 bits per heavy atom. The van der Waals surface area contributed by atoms with Gasteiger partial charge in [-0.05, 0) is 29.5 Å². The molecule has 0 aromatic heterocycles. The molecule has 20 heavy (non-hydrogen) atoms. The minimum absolute atomic E-state index is 0.0628. The van der Waals surface area contributed by atoms with Crippen LogP contribution in [0.25, 0.3) is 0 Å². The van der Waals surface area contributed by atoms with Gasteiger partial charge in [-0.15, -0.1) is 0 Å². The zero-order valence-corrected chi connectivity index (χ0v) is 13.9. The number of hydrogen-bond acceptors (Lipinski definition) is 2. The van der Waals surface area contributed by atoms with Crippen LogP contribution in [0.1, 0.15) is 39.7 Å². The second kappa shape index (κ2) is 6.55. The normalized spacial score (nSPS) is 12.8. The summed E-state index contributed by atoms with van der Waals surface area (Å²) >= 11 is 10.9. The number of amides is 1. The quantitative estimate of drug-likeness (QED) is 0.827. The van der Waals surface area contributed by atoms with Crippen molar-refractivity contribution in [2.45, 2.75) is 34.1 Å². The van der Waals surface area contributed by atoms with Gasteiger partial charge in [0.15, 0.2) is 0 Å². The molecule has 1 amide bonds. The largest absolute Gasteiger partial charge is 0.389 e. The van der Waals surface area contributed by atoms with Crippen LogP contribution < -0.4 is 11.1 Å². The number of carbonyl (C=O) groups excluding carboxylic acids is 1. The van der Waals surface area contributed by atoms with E-state index in [1.807, 2.05) is 0 Å². The summed E-state index contributed by atoms with van der Waals surface area (Å²) in [7, 11) is 0. The van der Waals surface area contributed by atoms with E-state index in [4.69, 9.17) is 29.6 Å². The maximum absolute atomic E-state index is 12.1. The first-order valence-electron chi connectivity index (χ1n) is 6.50. The standard InChI is InChI=1S/C15H21ClN2OS/c1-9(15(2,3)4)7-13(19)18-12-8-10(16)5-6-11(12)14(17)20/h5-6,8-9H,7H2,1-4H3,(H2,17,20)(H,18,19). The van der Waals surface area contributed by atoms with Crippen molar-refractivity contribution in [2.24, 2.45) is 17.1 Å². The highest BCUT2D eigenvalue weighted by atomic mass is 35.5. The number of rotatable bonds is 4. The molecule has 0 fully saturated rings. The maximum atomic E-state index is 12.1. The van der Waals surface area contributed by atoms with Gasteiger partial charge in [-0.2, -0.15) is 0 Å². The van der Waals surface area contributed by atoms with Gasteiger partial charge in [0.2, 0.25) is 5.91 Å². The lowest BCUT2D eigenvalue weighted by Gasteiger charge is -2.26. The molecule has 1 unspecified atom stereocenters. The van der Waals surface area contributed by atoms with Crippen molar-refractivity contribution in [1.82, 2.24) is 0 Å². The van der Waals surface area contributed by atoms with Crippen molar-refractivity contribution in [1.29, 1.82) is 0 Å². The zero-order chi connectivity index (χ0) is 15.5. The Morgan fingerprint density at radius 1 is 1.45 bits per heavy atom. The number of halogens is 1. The van der Waals surface area contributed by atoms with Crippen LogP contribution in [-0.4, -0.2) is 10.9 Å². The lowest BCUT2D eigenvalue weighted by Crippen LogP contribution is -2.25. The van der Waals surface area contributed by atoms with Crippen molar-refractivity contribution < 1.29 is 4.79 Å². The van der Waals surface area contributed by atoms with Gasteiger partial charge in [-0.3, -0.25) is 4.79 Å². The zero-order valence-electron chi connectivity index (χ0n) is 12.3. The monoisotopic (exact) mass is 312 g/mol. The van der Waals surface area contributed by atoms with Gasteiger partial charge in [0.05, 0.1) is 5.69 Å². The van der Waals surface area contributed by atoms with Crippen molar-refractivity contribution in [3.8, 4) is 0 Å². The molecule has 0 spiro atoms. The van der Waals surface area contributed by atoms with Crippen LogP contribution in [0.3, 0.4) is 0 Å². The molecule has 3 N–H and O–H groups in total. The van der Waals surface area contributed by atoms with Crippen LogP contribution in [0.4, 0.5) is 5.69 Å². The minimum atomic E-state index is -0.0628. The van der Waals surface area contributed by atoms with Crippen LogP contribution in [-0.2, 0) is 4.79 Å². The lowest BCUT2D eigenvalue weighted by atomic mass is 9.80. The molecular weight excluding hydrogens is 292 g/mol.